The van der Waals surface area contributed by atoms with Crippen molar-refractivity contribution in [2.45, 2.75) is 26.9 Å². The molecule has 0 aliphatic carbocycles. The maximum atomic E-state index is 14.1. The Balaban J connectivity index is 1.48. The lowest BCUT2D eigenvalue weighted by Crippen LogP contribution is -2.20. The number of anilines is 2. The normalized spacial score (nSPS) is 11.2. The van der Waals surface area contributed by atoms with Crippen LogP contribution in [-0.2, 0) is 13.1 Å². The molecular formula is C23H17ClF6N6S. The van der Waals surface area contributed by atoms with E-state index in [9.17, 15) is 26.3 Å². The van der Waals surface area contributed by atoms with Crippen LogP contribution in [0.4, 0.5) is 37.8 Å². The molecule has 14 heteroatoms. The van der Waals surface area contributed by atoms with Crippen molar-refractivity contribution in [3.8, 4) is 0 Å². The van der Waals surface area contributed by atoms with Gasteiger partial charge in [-0.2, -0.15) is 10.2 Å². The van der Waals surface area contributed by atoms with E-state index in [1.54, 1.807) is 25.3 Å². The number of aromatic nitrogens is 4. The lowest BCUT2D eigenvalue weighted by atomic mass is 10.1. The molecule has 0 amide bonds. The number of rotatable bonds is 6. The third-order valence-corrected chi connectivity index (χ3v) is 6.05. The van der Waals surface area contributed by atoms with Crippen molar-refractivity contribution in [2.24, 2.45) is 0 Å². The summed E-state index contributed by atoms with van der Waals surface area (Å²) in [7, 11) is 0. The SMILES string of the molecule is Cc1nn(Cc2c(F)c(F)c(F)c(F)c2F)c(C)c1NC(=S)Nc1ccn(Cc2c(F)cccc2Cl)n1. The largest absolute Gasteiger partial charge is 0.329 e. The first-order valence-corrected chi connectivity index (χ1v) is 11.3. The third-order valence-electron chi connectivity index (χ3n) is 5.49. The van der Waals surface area contributed by atoms with Gasteiger partial charge in [0, 0.05) is 22.8 Å². The first-order chi connectivity index (χ1) is 17.5. The van der Waals surface area contributed by atoms with Gasteiger partial charge in [-0.05, 0) is 38.2 Å². The van der Waals surface area contributed by atoms with Crippen LogP contribution in [0.5, 0.6) is 0 Å². The number of halogens is 7. The van der Waals surface area contributed by atoms with Crippen molar-refractivity contribution in [1.29, 1.82) is 0 Å². The summed E-state index contributed by atoms with van der Waals surface area (Å²) >= 11 is 11.3. The minimum absolute atomic E-state index is 0.0794. The Kier molecular flexibility index (Phi) is 7.46. The van der Waals surface area contributed by atoms with E-state index < -0.39 is 47.0 Å². The Labute approximate surface area is 216 Å². The van der Waals surface area contributed by atoms with Gasteiger partial charge in [-0.25, -0.2) is 26.3 Å². The third kappa shape index (κ3) is 5.27. The summed E-state index contributed by atoms with van der Waals surface area (Å²) in [5.41, 5.74) is 0.288. The highest BCUT2D eigenvalue weighted by atomic mass is 35.5. The maximum Gasteiger partial charge on any atom is 0.200 e. The van der Waals surface area contributed by atoms with Crippen molar-refractivity contribution >= 4 is 40.4 Å². The molecule has 0 spiro atoms. The molecule has 6 nitrogen and oxygen atoms in total. The van der Waals surface area contributed by atoms with Crippen LogP contribution < -0.4 is 10.6 Å². The van der Waals surface area contributed by atoms with E-state index >= 15 is 0 Å². The maximum absolute atomic E-state index is 14.1. The summed E-state index contributed by atoms with van der Waals surface area (Å²) in [4.78, 5) is 0. The highest BCUT2D eigenvalue weighted by Crippen LogP contribution is 2.26. The van der Waals surface area contributed by atoms with Gasteiger partial charge < -0.3 is 10.6 Å². The molecule has 0 atom stereocenters. The molecule has 2 N–H and O–H groups in total. The molecule has 37 heavy (non-hydrogen) atoms. The standard InChI is InChI=1S/C23H17ClF6N6S/c1-10-22(11(2)36(33-10)9-13-17(26)19(28)21(30)20(29)18(13)27)32-23(37)31-16-6-7-35(34-16)8-12-14(24)4-3-5-15(12)25/h3-7H,8-9H2,1-2H3,(H2,31,32,34,37). The van der Waals surface area contributed by atoms with Crippen LogP contribution >= 0.6 is 23.8 Å². The molecule has 0 fully saturated rings. The van der Waals surface area contributed by atoms with Crippen molar-refractivity contribution in [3.63, 3.8) is 0 Å². The molecule has 194 valence electrons. The Morgan fingerprint density at radius 1 is 0.865 bits per heavy atom. The zero-order valence-corrected chi connectivity index (χ0v) is 20.7. The first kappa shape index (κ1) is 26.5. The molecule has 0 radical (unpaired) electrons. The topological polar surface area (TPSA) is 59.7 Å². The zero-order valence-electron chi connectivity index (χ0n) is 19.1. The van der Waals surface area contributed by atoms with E-state index in [2.05, 4.69) is 20.8 Å². The molecule has 0 bridgehead atoms. The van der Waals surface area contributed by atoms with Crippen molar-refractivity contribution in [2.75, 3.05) is 10.6 Å². The molecule has 0 aliphatic heterocycles. The summed E-state index contributed by atoms with van der Waals surface area (Å²) in [5, 5.41) is 14.5. The predicted octanol–water partition coefficient (Wildman–Crippen LogP) is 6.09. The molecule has 4 rings (SSSR count). The van der Waals surface area contributed by atoms with E-state index in [0.717, 1.165) is 4.68 Å². The lowest BCUT2D eigenvalue weighted by molar-refractivity contribution is 0.366. The van der Waals surface area contributed by atoms with Crippen LogP contribution in [0.2, 0.25) is 5.02 Å². The summed E-state index contributed by atoms with van der Waals surface area (Å²) in [6.07, 6.45) is 1.59. The van der Waals surface area contributed by atoms with Gasteiger partial charge in [0.1, 0.15) is 5.82 Å². The molecule has 0 saturated heterocycles. The molecule has 0 unspecified atom stereocenters. The van der Waals surface area contributed by atoms with E-state index in [4.69, 9.17) is 23.8 Å². The highest BCUT2D eigenvalue weighted by molar-refractivity contribution is 7.80. The second-order valence-electron chi connectivity index (χ2n) is 7.93. The Morgan fingerprint density at radius 3 is 2.16 bits per heavy atom. The van der Waals surface area contributed by atoms with Crippen LogP contribution in [0, 0.1) is 48.8 Å². The molecule has 2 heterocycles. The van der Waals surface area contributed by atoms with Crippen LogP contribution in [0.25, 0.3) is 0 Å². The quantitative estimate of drug-likeness (QED) is 0.130. The van der Waals surface area contributed by atoms with Crippen LogP contribution in [-0.4, -0.2) is 24.7 Å². The fourth-order valence-corrected chi connectivity index (χ4v) is 4.02. The van der Waals surface area contributed by atoms with Gasteiger partial charge >= 0.3 is 0 Å². The smallest absolute Gasteiger partial charge is 0.200 e. The molecule has 0 aliphatic rings. The average molecular weight is 559 g/mol. The zero-order chi connectivity index (χ0) is 27.0. The first-order valence-electron chi connectivity index (χ1n) is 10.6. The van der Waals surface area contributed by atoms with Gasteiger partial charge in [0.25, 0.3) is 0 Å². The van der Waals surface area contributed by atoms with Crippen molar-refractivity contribution < 1.29 is 26.3 Å². The number of nitrogens with zero attached hydrogens (tertiary/aromatic N) is 4. The van der Waals surface area contributed by atoms with Crippen LogP contribution in [0.1, 0.15) is 22.5 Å². The molecule has 2 aromatic carbocycles. The highest BCUT2D eigenvalue weighted by Gasteiger charge is 2.27. The van der Waals surface area contributed by atoms with Crippen molar-refractivity contribution in [3.05, 3.63) is 92.9 Å². The number of benzene rings is 2. The average Bonchev–Trinajstić information content (AvgIpc) is 3.40. The summed E-state index contributed by atoms with van der Waals surface area (Å²) < 4.78 is 85.3. The number of hydrogen-bond donors (Lipinski definition) is 2. The van der Waals surface area contributed by atoms with Crippen LogP contribution in [0.15, 0.2) is 30.5 Å². The van der Waals surface area contributed by atoms with Crippen LogP contribution in [0.3, 0.4) is 0 Å². The monoisotopic (exact) mass is 558 g/mol. The fraction of sp³-hybridized carbons (Fsp3) is 0.174. The number of thiocarbonyl (C=S) groups is 1. The Bertz CT molecular complexity index is 1470. The van der Waals surface area contributed by atoms with Gasteiger partial charge in [0.2, 0.25) is 5.82 Å². The van der Waals surface area contributed by atoms with Gasteiger partial charge in [0.15, 0.2) is 34.2 Å². The van der Waals surface area contributed by atoms with Crippen molar-refractivity contribution in [1.82, 2.24) is 19.6 Å². The van der Waals surface area contributed by atoms with E-state index in [1.807, 2.05) is 0 Å². The lowest BCUT2D eigenvalue weighted by Gasteiger charge is -2.11. The van der Waals surface area contributed by atoms with E-state index in [0.29, 0.717) is 22.9 Å². The van der Waals surface area contributed by atoms with E-state index in [-0.39, 0.29) is 22.2 Å². The van der Waals surface area contributed by atoms with Gasteiger partial charge in [0.05, 0.1) is 35.7 Å². The van der Waals surface area contributed by atoms with Gasteiger partial charge in [-0.3, -0.25) is 9.36 Å². The minimum atomic E-state index is -2.23. The summed E-state index contributed by atoms with van der Waals surface area (Å²) in [5.74, 6) is -10.3. The molecule has 4 aromatic rings. The second-order valence-corrected chi connectivity index (χ2v) is 8.75. The number of aryl methyl sites for hydroxylation is 1. The predicted molar refractivity (Wildman–Crippen MR) is 130 cm³/mol. The summed E-state index contributed by atoms with van der Waals surface area (Å²) in [6, 6.07) is 5.95. The van der Waals surface area contributed by atoms with Gasteiger partial charge in [-0.15, -0.1) is 0 Å². The fourth-order valence-electron chi connectivity index (χ4n) is 3.59. The minimum Gasteiger partial charge on any atom is -0.329 e. The Hall–Kier alpha value is -3.58. The van der Waals surface area contributed by atoms with E-state index in [1.165, 1.54) is 23.7 Å². The summed E-state index contributed by atoms with van der Waals surface area (Å²) in [6.45, 7) is 2.48. The number of hydrogen-bond acceptors (Lipinski definition) is 3. The van der Waals surface area contributed by atoms with Gasteiger partial charge in [-0.1, -0.05) is 17.7 Å². The Morgan fingerprint density at radius 2 is 1.51 bits per heavy atom. The molecule has 0 saturated carbocycles. The number of nitrogens with one attached hydrogen (secondary N) is 2. The molecular weight excluding hydrogens is 542 g/mol. The molecule has 2 aromatic heterocycles. The second kappa shape index (κ2) is 10.4.